The highest BCUT2D eigenvalue weighted by Gasteiger charge is 2.58. The Bertz CT molecular complexity index is 443. The number of ether oxygens (including phenoxy) is 1. The number of hydrogen-bond donors (Lipinski definition) is 2. The van der Waals surface area contributed by atoms with Crippen molar-refractivity contribution < 1.29 is 23.8 Å². The third-order valence-electron chi connectivity index (χ3n) is 4.63. The molecule has 1 aromatic carbocycles. The Labute approximate surface area is 153 Å². The van der Waals surface area contributed by atoms with Gasteiger partial charge in [0, 0.05) is 19.8 Å². The standard InChI is InChI=1S/C13H28O3Si.C6H6O2/c1-5-13(14-6-2)11-9-10-12-17(13,15-7-3)16-8-4;7-5-1-2-6(8)4-3-5/h5-12H2,1-4H3;1-4,7-8H. The van der Waals surface area contributed by atoms with E-state index in [-0.39, 0.29) is 16.7 Å². The Balaban J connectivity index is 0.000000324. The van der Waals surface area contributed by atoms with Crippen LogP contribution in [0.2, 0.25) is 6.04 Å². The first-order valence-electron chi connectivity index (χ1n) is 9.39. The van der Waals surface area contributed by atoms with Gasteiger partial charge < -0.3 is 23.8 Å². The van der Waals surface area contributed by atoms with E-state index in [1.54, 1.807) is 0 Å². The molecule has 1 atom stereocenters. The van der Waals surface area contributed by atoms with Gasteiger partial charge in [0.25, 0.3) is 0 Å². The molecule has 0 bridgehead atoms. The van der Waals surface area contributed by atoms with E-state index in [2.05, 4.69) is 27.7 Å². The van der Waals surface area contributed by atoms with Crippen LogP contribution < -0.4 is 0 Å². The van der Waals surface area contributed by atoms with Crippen molar-refractivity contribution in [3.8, 4) is 11.5 Å². The van der Waals surface area contributed by atoms with Gasteiger partial charge in [0.1, 0.15) is 16.7 Å². The van der Waals surface area contributed by atoms with Gasteiger partial charge in [0.2, 0.25) is 0 Å². The third kappa shape index (κ3) is 5.71. The summed E-state index contributed by atoms with van der Waals surface area (Å²) in [5.74, 6) is 0.339. The highest BCUT2D eigenvalue weighted by molar-refractivity contribution is 6.70. The van der Waals surface area contributed by atoms with Crippen LogP contribution in [0, 0.1) is 0 Å². The first-order valence-corrected chi connectivity index (χ1v) is 11.4. The van der Waals surface area contributed by atoms with Crippen LogP contribution in [-0.2, 0) is 13.6 Å². The summed E-state index contributed by atoms with van der Waals surface area (Å²) in [6.45, 7) is 10.6. The molecule has 2 rings (SSSR count). The number of hydrogen-bond acceptors (Lipinski definition) is 5. The van der Waals surface area contributed by atoms with Crippen molar-refractivity contribution in [3.05, 3.63) is 24.3 Å². The van der Waals surface area contributed by atoms with Crippen LogP contribution in [-0.4, -0.2) is 43.8 Å². The second-order valence-electron chi connectivity index (χ2n) is 6.12. The summed E-state index contributed by atoms with van der Waals surface area (Å²) in [4.78, 5) is 0. The molecule has 1 unspecified atom stereocenters. The van der Waals surface area contributed by atoms with Gasteiger partial charge in [-0.3, -0.25) is 0 Å². The monoisotopic (exact) mass is 370 g/mol. The van der Waals surface area contributed by atoms with Crippen LogP contribution >= 0.6 is 0 Å². The zero-order valence-electron chi connectivity index (χ0n) is 16.1. The lowest BCUT2D eigenvalue weighted by molar-refractivity contribution is -0.0426. The molecule has 1 fully saturated rings. The number of benzene rings is 1. The summed E-state index contributed by atoms with van der Waals surface area (Å²) >= 11 is 0. The molecule has 0 aromatic heterocycles. The molecule has 5 nitrogen and oxygen atoms in total. The second-order valence-corrected chi connectivity index (χ2v) is 9.62. The Kier molecular flexibility index (Phi) is 9.49. The first kappa shape index (κ1) is 22.0. The van der Waals surface area contributed by atoms with Crippen molar-refractivity contribution >= 4 is 8.56 Å². The van der Waals surface area contributed by atoms with Crippen LogP contribution in [0.1, 0.15) is 53.4 Å². The average molecular weight is 371 g/mol. The molecule has 1 aromatic rings. The van der Waals surface area contributed by atoms with E-state index in [9.17, 15) is 0 Å². The van der Waals surface area contributed by atoms with Crippen LogP contribution in [0.4, 0.5) is 0 Å². The van der Waals surface area contributed by atoms with E-state index in [0.717, 1.165) is 38.7 Å². The predicted octanol–water partition coefficient (Wildman–Crippen LogP) is 4.51. The van der Waals surface area contributed by atoms with E-state index >= 15 is 0 Å². The zero-order chi connectivity index (χ0) is 18.8. The minimum atomic E-state index is -2.21. The van der Waals surface area contributed by atoms with Crippen molar-refractivity contribution in [1.29, 1.82) is 0 Å². The highest BCUT2D eigenvalue weighted by atomic mass is 28.4. The highest BCUT2D eigenvalue weighted by Crippen LogP contribution is 2.42. The number of aromatic hydroxyl groups is 2. The van der Waals surface area contributed by atoms with Gasteiger partial charge in [-0.25, -0.2) is 0 Å². The van der Waals surface area contributed by atoms with Crippen LogP contribution in [0.25, 0.3) is 0 Å². The van der Waals surface area contributed by atoms with Gasteiger partial charge in [0.05, 0.1) is 0 Å². The number of rotatable bonds is 7. The Morgan fingerprint density at radius 2 is 1.40 bits per heavy atom. The van der Waals surface area contributed by atoms with Crippen molar-refractivity contribution in [1.82, 2.24) is 0 Å². The molecule has 1 heterocycles. The molecule has 0 saturated carbocycles. The quantitative estimate of drug-likeness (QED) is 0.546. The summed E-state index contributed by atoms with van der Waals surface area (Å²) in [7, 11) is -2.21. The second kappa shape index (κ2) is 10.8. The van der Waals surface area contributed by atoms with Gasteiger partial charge in [-0.2, -0.15) is 0 Å². The molecule has 0 radical (unpaired) electrons. The molecule has 0 spiro atoms. The Morgan fingerprint density at radius 3 is 1.80 bits per heavy atom. The topological polar surface area (TPSA) is 68.2 Å². The molecular weight excluding hydrogens is 336 g/mol. The van der Waals surface area contributed by atoms with E-state index in [4.69, 9.17) is 23.8 Å². The fraction of sp³-hybridized carbons (Fsp3) is 0.684. The molecule has 2 N–H and O–H groups in total. The summed E-state index contributed by atoms with van der Waals surface area (Å²) < 4.78 is 18.5. The van der Waals surface area contributed by atoms with Crippen LogP contribution in [0.5, 0.6) is 11.5 Å². The Hall–Kier alpha value is -1.08. The summed E-state index contributed by atoms with van der Waals surface area (Å²) in [5, 5.41) is 17.2. The molecule has 144 valence electrons. The van der Waals surface area contributed by atoms with Gasteiger partial charge in [-0.1, -0.05) is 19.8 Å². The van der Waals surface area contributed by atoms with Gasteiger partial charge in [-0.15, -0.1) is 0 Å². The average Bonchev–Trinajstić information content (AvgIpc) is 2.61. The molecule has 1 aliphatic rings. The number of phenols is 2. The molecule has 25 heavy (non-hydrogen) atoms. The summed E-state index contributed by atoms with van der Waals surface area (Å²) in [5.41, 5.74) is 0. The minimum Gasteiger partial charge on any atom is -0.508 e. The molecule has 0 amide bonds. The van der Waals surface area contributed by atoms with Crippen molar-refractivity contribution in [2.75, 3.05) is 19.8 Å². The van der Waals surface area contributed by atoms with E-state index in [0.29, 0.717) is 0 Å². The molecule has 6 heteroatoms. The fourth-order valence-corrected chi connectivity index (χ4v) is 8.02. The smallest absolute Gasteiger partial charge is 0.371 e. The number of phenolic OH excluding ortho intramolecular Hbond substituents is 2. The normalized spacial score (nSPS) is 22.1. The van der Waals surface area contributed by atoms with Gasteiger partial charge in [0.15, 0.2) is 0 Å². The van der Waals surface area contributed by atoms with Crippen molar-refractivity contribution in [3.63, 3.8) is 0 Å². The SMILES string of the molecule is CCOC1(CC)CCCC[Si]1(OCC)OCC.Oc1ccc(O)cc1. The van der Waals surface area contributed by atoms with Crippen molar-refractivity contribution in [2.24, 2.45) is 0 Å². The van der Waals surface area contributed by atoms with Gasteiger partial charge in [-0.05, 0) is 63.9 Å². The maximum atomic E-state index is 8.65. The minimum absolute atomic E-state index is 0.119. The predicted molar refractivity (Wildman–Crippen MR) is 102 cm³/mol. The maximum Gasteiger partial charge on any atom is 0.371 e. The maximum absolute atomic E-state index is 8.65. The van der Waals surface area contributed by atoms with E-state index < -0.39 is 8.56 Å². The molecular formula is C19H34O5Si. The fourth-order valence-electron chi connectivity index (χ4n) is 3.56. The van der Waals surface area contributed by atoms with Gasteiger partial charge >= 0.3 is 8.56 Å². The lowest BCUT2D eigenvalue weighted by atomic mass is 10.1. The molecule has 0 aliphatic carbocycles. The largest absolute Gasteiger partial charge is 0.508 e. The van der Waals surface area contributed by atoms with E-state index in [1.165, 1.54) is 37.1 Å². The van der Waals surface area contributed by atoms with E-state index in [1.807, 2.05) is 0 Å². The van der Waals surface area contributed by atoms with Crippen molar-refractivity contribution in [2.45, 2.75) is 64.6 Å². The molecule has 1 aliphatic heterocycles. The lowest BCUT2D eigenvalue weighted by Crippen LogP contribution is -2.65. The lowest BCUT2D eigenvalue weighted by Gasteiger charge is -2.49. The van der Waals surface area contributed by atoms with Crippen LogP contribution in [0.3, 0.4) is 0 Å². The summed E-state index contributed by atoms with van der Waals surface area (Å²) in [6, 6.07) is 6.79. The third-order valence-corrected chi connectivity index (χ3v) is 9.29. The van der Waals surface area contributed by atoms with Crippen LogP contribution in [0.15, 0.2) is 24.3 Å². The Morgan fingerprint density at radius 1 is 0.880 bits per heavy atom. The molecule has 1 saturated heterocycles. The summed E-state index contributed by atoms with van der Waals surface area (Å²) in [6.07, 6.45) is 4.57. The zero-order valence-corrected chi connectivity index (χ0v) is 17.1. The first-order chi connectivity index (χ1) is 12.0.